The molecule has 0 N–H and O–H groups in total. The van der Waals surface area contributed by atoms with Crippen LogP contribution in [0.1, 0.15) is 12.0 Å². The second-order valence-electron chi connectivity index (χ2n) is 2.93. The van der Waals surface area contributed by atoms with Crippen molar-refractivity contribution in [1.82, 2.24) is 0 Å². The molecule has 0 saturated carbocycles. The van der Waals surface area contributed by atoms with Crippen molar-refractivity contribution in [2.45, 2.75) is 6.42 Å². The molecular formula is C10H8F3N3. The van der Waals surface area contributed by atoms with E-state index < -0.39 is 17.5 Å². The first kappa shape index (κ1) is 12.1. The summed E-state index contributed by atoms with van der Waals surface area (Å²) >= 11 is 0. The van der Waals surface area contributed by atoms with Crippen molar-refractivity contribution in [3.63, 3.8) is 0 Å². The van der Waals surface area contributed by atoms with Gasteiger partial charge in [-0.3, -0.25) is 0 Å². The van der Waals surface area contributed by atoms with Gasteiger partial charge in [-0.25, -0.2) is 13.2 Å². The molecule has 0 aromatic heterocycles. The van der Waals surface area contributed by atoms with Gasteiger partial charge in [-0.15, -0.1) is 0 Å². The lowest BCUT2D eigenvalue weighted by atomic mass is 10.1. The van der Waals surface area contributed by atoms with Crippen molar-refractivity contribution in [3.05, 3.63) is 51.7 Å². The first-order chi connectivity index (χ1) is 7.65. The molecule has 1 aromatic rings. The molecule has 84 valence electrons. The summed E-state index contributed by atoms with van der Waals surface area (Å²) in [5, 5.41) is 3.26. The van der Waals surface area contributed by atoms with Crippen LogP contribution in [-0.2, 0) is 0 Å². The SMILES string of the molecule is [N-]=[N+]=NCCC=Cc1cc(F)c(F)cc1F. The maximum Gasteiger partial charge on any atom is 0.161 e. The summed E-state index contributed by atoms with van der Waals surface area (Å²) in [5.41, 5.74) is 7.93. The Hall–Kier alpha value is -1.94. The van der Waals surface area contributed by atoms with Crippen molar-refractivity contribution in [3.8, 4) is 0 Å². The zero-order valence-electron chi connectivity index (χ0n) is 8.20. The quantitative estimate of drug-likeness (QED) is 0.247. The maximum atomic E-state index is 13.1. The third-order valence-corrected chi connectivity index (χ3v) is 1.80. The van der Waals surface area contributed by atoms with Gasteiger partial charge in [0.15, 0.2) is 11.6 Å². The van der Waals surface area contributed by atoms with Crippen LogP contribution in [0.15, 0.2) is 23.3 Å². The van der Waals surface area contributed by atoms with Crippen LogP contribution in [-0.4, -0.2) is 6.54 Å². The Morgan fingerprint density at radius 2 is 1.88 bits per heavy atom. The van der Waals surface area contributed by atoms with Crippen LogP contribution in [0, 0.1) is 17.5 Å². The maximum absolute atomic E-state index is 13.1. The van der Waals surface area contributed by atoms with Gasteiger partial charge in [-0.1, -0.05) is 17.3 Å². The molecule has 0 aliphatic heterocycles. The Labute approximate surface area is 89.8 Å². The normalized spacial score (nSPS) is 10.4. The van der Waals surface area contributed by atoms with Gasteiger partial charge in [-0.2, -0.15) is 0 Å². The Kier molecular flexibility index (Phi) is 4.42. The molecule has 6 heteroatoms. The molecule has 0 heterocycles. The van der Waals surface area contributed by atoms with Crippen LogP contribution in [0.5, 0.6) is 0 Å². The summed E-state index contributed by atoms with van der Waals surface area (Å²) in [7, 11) is 0. The highest BCUT2D eigenvalue weighted by Crippen LogP contribution is 2.15. The van der Waals surface area contributed by atoms with Crippen LogP contribution >= 0.6 is 0 Å². The van der Waals surface area contributed by atoms with Gasteiger partial charge in [0.05, 0.1) is 0 Å². The van der Waals surface area contributed by atoms with E-state index in [1.54, 1.807) is 0 Å². The molecule has 0 saturated heterocycles. The molecule has 0 atom stereocenters. The molecule has 1 rings (SSSR count). The molecule has 0 aliphatic carbocycles. The lowest BCUT2D eigenvalue weighted by Gasteiger charge is -1.98. The lowest BCUT2D eigenvalue weighted by Crippen LogP contribution is -1.90. The first-order valence-corrected chi connectivity index (χ1v) is 4.47. The van der Waals surface area contributed by atoms with Crippen molar-refractivity contribution >= 4 is 6.08 Å². The largest absolute Gasteiger partial charge is 0.206 e. The molecule has 0 aliphatic rings. The van der Waals surface area contributed by atoms with E-state index in [9.17, 15) is 13.2 Å². The highest BCUT2D eigenvalue weighted by atomic mass is 19.2. The summed E-state index contributed by atoms with van der Waals surface area (Å²) in [5.74, 6) is -3.15. The number of halogens is 3. The monoisotopic (exact) mass is 227 g/mol. The molecule has 0 amide bonds. The van der Waals surface area contributed by atoms with Gasteiger partial charge in [0.25, 0.3) is 0 Å². The molecule has 0 unspecified atom stereocenters. The lowest BCUT2D eigenvalue weighted by molar-refractivity contribution is 0.494. The fraction of sp³-hybridized carbons (Fsp3) is 0.200. The minimum Gasteiger partial charge on any atom is -0.206 e. The highest BCUT2D eigenvalue weighted by Gasteiger charge is 2.06. The molecular weight excluding hydrogens is 219 g/mol. The fourth-order valence-electron chi connectivity index (χ4n) is 1.05. The molecule has 0 radical (unpaired) electrons. The van der Waals surface area contributed by atoms with Crippen LogP contribution in [0.3, 0.4) is 0 Å². The Balaban J connectivity index is 2.73. The van der Waals surface area contributed by atoms with E-state index in [2.05, 4.69) is 10.0 Å². The van der Waals surface area contributed by atoms with E-state index in [0.29, 0.717) is 12.5 Å². The van der Waals surface area contributed by atoms with Gasteiger partial charge in [-0.05, 0) is 18.0 Å². The number of hydrogen-bond donors (Lipinski definition) is 0. The molecule has 16 heavy (non-hydrogen) atoms. The topological polar surface area (TPSA) is 48.8 Å². The minimum absolute atomic E-state index is 0.0418. The summed E-state index contributed by atoms with van der Waals surface area (Å²) in [4.78, 5) is 2.53. The van der Waals surface area contributed by atoms with E-state index >= 15 is 0 Å². The minimum atomic E-state index is -1.22. The third kappa shape index (κ3) is 3.33. The number of azide groups is 1. The van der Waals surface area contributed by atoms with Crippen molar-refractivity contribution in [2.75, 3.05) is 6.54 Å². The van der Waals surface area contributed by atoms with E-state index in [1.165, 1.54) is 12.2 Å². The zero-order valence-corrected chi connectivity index (χ0v) is 8.20. The van der Waals surface area contributed by atoms with E-state index in [1.807, 2.05) is 0 Å². The van der Waals surface area contributed by atoms with Crippen LogP contribution in [0.4, 0.5) is 13.2 Å². The molecule has 0 spiro atoms. The van der Waals surface area contributed by atoms with Gasteiger partial charge in [0.2, 0.25) is 0 Å². The van der Waals surface area contributed by atoms with Crippen LogP contribution in [0.25, 0.3) is 16.5 Å². The van der Waals surface area contributed by atoms with Gasteiger partial charge >= 0.3 is 0 Å². The van der Waals surface area contributed by atoms with Crippen molar-refractivity contribution < 1.29 is 13.2 Å². The second kappa shape index (κ2) is 5.82. The number of rotatable bonds is 4. The predicted molar refractivity (Wildman–Crippen MR) is 54.0 cm³/mol. The predicted octanol–water partition coefficient (Wildman–Crippen LogP) is 3.82. The number of nitrogens with zero attached hydrogens (tertiary/aromatic N) is 3. The average Bonchev–Trinajstić information content (AvgIpc) is 2.25. The standard InChI is InChI=1S/C10H8F3N3/c11-8-6-10(13)9(12)5-7(8)3-1-2-4-15-16-14/h1,3,5-6H,2,4H2. The highest BCUT2D eigenvalue weighted by molar-refractivity contribution is 5.50. The van der Waals surface area contributed by atoms with E-state index in [-0.39, 0.29) is 12.1 Å². The molecule has 3 nitrogen and oxygen atoms in total. The second-order valence-corrected chi connectivity index (χ2v) is 2.93. The average molecular weight is 227 g/mol. The molecule has 1 aromatic carbocycles. The van der Waals surface area contributed by atoms with Gasteiger partial charge in [0.1, 0.15) is 5.82 Å². The number of hydrogen-bond acceptors (Lipinski definition) is 1. The smallest absolute Gasteiger partial charge is 0.161 e. The van der Waals surface area contributed by atoms with Crippen LogP contribution < -0.4 is 0 Å². The summed E-state index contributed by atoms with van der Waals surface area (Å²) in [6, 6.07) is 1.26. The van der Waals surface area contributed by atoms with Crippen molar-refractivity contribution in [1.29, 1.82) is 0 Å². The van der Waals surface area contributed by atoms with Crippen LogP contribution in [0.2, 0.25) is 0 Å². The van der Waals surface area contributed by atoms with Gasteiger partial charge < -0.3 is 0 Å². The Morgan fingerprint density at radius 3 is 2.56 bits per heavy atom. The molecule has 0 bridgehead atoms. The third-order valence-electron chi connectivity index (χ3n) is 1.80. The van der Waals surface area contributed by atoms with E-state index in [4.69, 9.17) is 5.53 Å². The Morgan fingerprint density at radius 1 is 1.19 bits per heavy atom. The zero-order chi connectivity index (χ0) is 12.0. The Bertz CT molecular complexity index is 451. The molecule has 0 fully saturated rings. The fourth-order valence-corrected chi connectivity index (χ4v) is 1.05. The van der Waals surface area contributed by atoms with E-state index in [0.717, 1.165) is 6.07 Å². The summed E-state index contributed by atoms with van der Waals surface area (Å²) < 4.78 is 38.4. The summed E-state index contributed by atoms with van der Waals surface area (Å²) in [6.45, 7) is 0.234. The number of benzene rings is 1. The first-order valence-electron chi connectivity index (χ1n) is 4.47. The van der Waals surface area contributed by atoms with Crippen molar-refractivity contribution in [2.24, 2.45) is 5.11 Å². The van der Waals surface area contributed by atoms with Gasteiger partial charge in [0, 0.05) is 23.1 Å². The summed E-state index contributed by atoms with van der Waals surface area (Å²) in [6.07, 6.45) is 3.23.